The van der Waals surface area contributed by atoms with E-state index in [1.54, 1.807) is 45.1 Å². The highest BCUT2D eigenvalue weighted by Crippen LogP contribution is 2.42. The van der Waals surface area contributed by atoms with Crippen LogP contribution in [0.5, 0.6) is 5.75 Å². The van der Waals surface area contributed by atoms with Crippen molar-refractivity contribution in [3.05, 3.63) is 110 Å². The first-order valence-corrected chi connectivity index (χ1v) is 23.1. The van der Waals surface area contributed by atoms with Crippen molar-refractivity contribution in [1.29, 1.82) is 0 Å². The Morgan fingerprint density at radius 1 is 0.900 bits per heavy atom. The first-order valence-electron chi connectivity index (χ1n) is 19.7. The summed E-state index contributed by atoms with van der Waals surface area (Å²) >= 11 is 3.57. The molecule has 0 radical (unpaired) electrons. The van der Waals surface area contributed by atoms with Crippen LogP contribution in [-0.2, 0) is 4.57 Å². The third kappa shape index (κ3) is 8.79. The minimum Gasteiger partial charge on any atom is -0.494 e. The highest BCUT2D eigenvalue weighted by Gasteiger charge is 2.27. The van der Waals surface area contributed by atoms with Crippen LogP contribution in [0.1, 0.15) is 18.4 Å². The second-order valence-corrected chi connectivity index (χ2v) is 19.6. The van der Waals surface area contributed by atoms with Gasteiger partial charge in [0.15, 0.2) is 0 Å². The van der Waals surface area contributed by atoms with Crippen molar-refractivity contribution < 1.29 is 13.7 Å². The van der Waals surface area contributed by atoms with Gasteiger partial charge in [0.2, 0.25) is 5.95 Å². The van der Waals surface area contributed by atoms with E-state index in [0.717, 1.165) is 85.8 Å². The summed E-state index contributed by atoms with van der Waals surface area (Å²) in [5.74, 6) is 1.54. The van der Waals surface area contributed by atoms with Gasteiger partial charge in [-0.1, -0.05) is 0 Å². The molecule has 2 aliphatic heterocycles. The molecule has 3 N–H and O–H groups in total. The Labute approximate surface area is 354 Å². The van der Waals surface area contributed by atoms with Crippen molar-refractivity contribution in [3.8, 4) is 11.4 Å². The zero-order chi connectivity index (χ0) is 42.1. The summed E-state index contributed by atoms with van der Waals surface area (Å²) in [6, 6.07) is 13.9. The van der Waals surface area contributed by atoms with Crippen LogP contribution in [0, 0.1) is 18.7 Å². The molecule has 2 saturated heterocycles. The molecule has 312 valence electrons. The normalized spacial score (nSPS) is 15.4. The van der Waals surface area contributed by atoms with Gasteiger partial charge in [-0.3, -0.25) is 29.2 Å². The lowest BCUT2D eigenvalue weighted by atomic mass is 9.95. The smallest absolute Gasteiger partial charge is 0.333 e. The van der Waals surface area contributed by atoms with Gasteiger partial charge in [-0.2, -0.15) is 4.98 Å². The van der Waals surface area contributed by atoms with Gasteiger partial charge in [0.1, 0.15) is 30.0 Å². The van der Waals surface area contributed by atoms with E-state index in [1.165, 1.54) is 18.3 Å². The number of benzene rings is 3. The van der Waals surface area contributed by atoms with Gasteiger partial charge in [-0.05, 0) is 96.9 Å². The number of aryl methyl sites for hydroxylation is 1. The number of piperidine rings is 1. The zero-order valence-electron chi connectivity index (χ0n) is 33.8. The number of nitrogens with one attached hydrogen (secondary N) is 3. The number of aromatic nitrogens is 6. The first kappa shape index (κ1) is 41.1. The van der Waals surface area contributed by atoms with Crippen LogP contribution in [0.3, 0.4) is 0 Å². The number of rotatable bonds is 11. The van der Waals surface area contributed by atoms with Crippen LogP contribution in [0.15, 0.2) is 87.4 Å². The van der Waals surface area contributed by atoms with Crippen molar-refractivity contribution in [2.24, 2.45) is 5.92 Å². The fourth-order valence-corrected chi connectivity index (χ4v) is 9.80. The summed E-state index contributed by atoms with van der Waals surface area (Å²) in [7, 11) is -1.12. The molecule has 2 aliphatic rings. The number of anilines is 6. The Balaban J connectivity index is 0.876. The summed E-state index contributed by atoms with van der Waals surface area (Å²) < 4.78 is 36.2. The van der Waals surface area contributed by atoms with Crippen molar-refractivity contribution in [2.75, 3.05) is 86.7 Å². The average molecular weight is 899 g/mol. The summed E-state index contributed by atoms with van der Waals surface area (Å²) in [5.41, 5.74) is 4.51. The maximum atomic E-state index is 15.1. The Bertz CT molecular complexity index is 2730. The summed E-state index contributed by atoms with van der Waals surface area (Å²) in [5, 5.41) is 7.31. The summed E-state index contributed by atoms with van der Waals surface area (Å²) in [6.07, 6.45) is 8.18. The van der Waals surface area contributed by atoms with Crippen molar-refractivity contribution >= 4 is 73.9 Å². The third-order valence-corrected chi connectivity index (χ3v) is 13.2. The Morgan fingerprint density at radius 3 is 2.38 bits per heavy atom. The topological polar surface area (TPSA) is 166 Å². The zero-order valence-corrected chi connectivity index (χ0v) is 36.3. The Kier molecular flexibility index (Phi) is 11.7. The number of halogens is 2. The van der Waals surface area contributed by atoms with E-state index in [9.17, 15) is 14.2 Å². The monoisotopic (exact) mass is 897 g/mol. The quantitative estimate of drug-likeness (QED) is 0.125. The van der Waals surface area contributed by atoms with Crippen molar-refractivity contribution in [2.45, 2.75) is 19.8 Å². The highest BCUT2D eigenvalue weighted by molar-refractivity contribution is 9.10. The number of methoxy groups -OCH3 is 1. The number of nitrogens with zero attached hydrogens (tertiary/aromatic N) is 8. The second kappa shape index (κ2) is 17.1. The molecule has 15 nitrogen and oxygen atoms in total. The summed E-state index contributed by atoms with van der Waals surface area (Å²) in [4.78, 5) is 51.1. The van der Waals surface area contributed by atoms with Crippen LogP contribution in [-0.4, -0.2) is 101 Å². The van der Waals surface area contributed by atoms with Crippen LogP contribution < -0.4 is 41.7 Å². The SMILES string of the molecule is COc1cc(N2CCN(CC3CCN(c4ccc(-n5ccc(=O)[nH]c5=O)c(F)c4)CC3)CC2)c(C)cc1Nc1ncc(Br)c(Nc2ccc3nccnc3c2P(C)(C)=O)n1. The largest absolute Gasteiger partial charge is 0.494 e. The average Bonchev–Trinajstić information content (AvgIpc) is 3.22. The predicted octanol–water partition coefficient (Wildman–Crippen LogP) is 6.25. The fourth-order valence-electron chi connectivity index (χ4n) is 8.12. The molecule has 8 rings (SSSR count). The molecule has 3 aromatic heterocycles. The second-order valence-electron chi connectivity index (χ2n) is 15.5. The third-order valence-electron chi connectivity index (χ3n) is 11.1. The van der Waals surface area contributed by atoms with Crippen molar-refractivity contribution in [3.63, 3.8) is 0 Å². The number of hydrogen-bond donors (Lipinski definition) is 3. The minimum absolute atomic E-state index is 0.102. The molecule has 5 heterocycles. The molecule has 2 fully saturated rings. The lowest BCUT2D eigenvalue weighted by Crippen LogP contribution is -2.49. The molecule has 0 unspecified atom stereocenters. The number of H-pyrrole nitrogens is 1. The van der Waals surface area contributed by atoms with E-state index in [1.807, 2.05) is 18.2 Å². The van der Waals surface area contributed by atoms with Gasteiger partial charge < -0.3 is 29.7 Å². The number of piperazine rings is 1. The van der Waals surface area contributed by atoms with Gasteiger partial charge in [-0.15, -0.1) is 0 Å². The number of fused-ring (bicyclic) bond motifs is 1. The molecule has 0 bridgehead atoms. The lowest BCUT2D eigenvalue weighted by Gasteiger charge is -2.40. The maximum Gasteiger partial charge on any atom is 0.333 e. The van der Waals surface area contributed by atoms with Crippen LogP contribution in [0.2, 0.25) is 0 Å². The van der Waals surface area contributed by atoms with E-state index in [4.69, 9.17) is 9.72 Å². The van der Waals surface area contributed by atoms with Gasteiger partial charge >= 0.3 is 5.69 Å². The van der Waals surface area contributed by atoms with E-state index >= 15 is 4.39 Å². The number of hydrogen-bond acceptors (Lipinski definition) is 13. The molecule has 0 aliphatic carbocycles. The van der Waals surface area contributed by atoms with Gasteiger partial charge in [0, 0.05) is 94.1 Å². The molecule has 18 heteroatoms. The fraction of sp³-hybridized carbons (Fsp3) is 0.333. The number of aromatic amines is 1. The Morgan fingerprint density at radius 2 is 1.67 bits per heavy atom. The molecule has 3 aromatic carbocycles. The molecule has 6 aromatic rings. The van der Waals surface area contributed by atoms with Gasteiger partial charge in [0.05, 0.1) is 39.5 Å². The van der Waals surface area contributed by atoms with E-state index in [-0.39, 0.29) is 5.69 Å². The van der Waals surface area contributed by atoms with Crippen LogP contribution in [0.25, 0.3) is 16.7 Å². The first-order chi connectivity index (χ1) is 28.8. The van der Waals surface area contributed by atoms with Crippen LogP contribution in [0.4, 0.5) is 38.9 Å². The molecular formula is C42H46BrFN11O4P. The van der Waals surface area contributed by atoms with E-state index in [2.05, 4.69) is 80.3 Å². The highest BCUT2D eigenvalue weighted by atomic mass is 79.9. The Hall–Kier alpha value is -5.64. The van der Waals surface area contributed by atoms with Crippen molar-refractivity contribution in [1.82, 2.24) is 34.4 Å². The minimum atomic E-state index is -2.78. The molecule has 60 heavy (non-hydrogen) atoms. The predicted molar refractivity (Wildman–Crippen MR) is 239 cm³/mol. The number of ether oxygens (including phenoxy) is 1. The maximum absolute atomic E-state index is 15.1. The van der Waals surface area contributed by atoms with E-state index in [0.29, 0.717) is 49.9 Å². The van der Waals surface area contributed by atoms with E-state index < -0.39 is 24.2 Å². The van der Waals surface area contributed by atoms with Crippen LogP contribution >= 0.6 is 23.1 Å². The van der Waals surface area contributed by atoms with Gasteiger partial charge in [-0.25, -0.2) is 14.2 Å². The molecule has 0 saturated carbocycles. The molecule has 0 spiro atoms. The molecule has 0 atom stereocenters. The summed E-state index contributed by atoms with van der Waals surface area (Å²) in [6.45, 7) is 11.9. The lowest BCUT2D eigenvalue weighted by molar-refractivity contribution is 0.201. The van der Waals surface area contributed by atoms with Gasteiger partial charge in [0.25, 0.3) is 5.56 Å². The molecular weight excluding hydrogens is 852 g/mol. The molecule has 0 amide bonds. The standard InChI is InChI=1S/C42H46BrFN11O4P/c1-26-21-33(49-41-47-24-29(43)40(51-41)48-32-7-6-31-38(46-13-12-45-31)39(32)60(3,4)58)36(59-2)23-35(26)54-19-17-52(18-20-54)25-27-9-14-53(15-10-27)28-5-8-34(30(44)22-28)55-16-11-37(56)50-42(55)57/h5-8,11-13,16,21-24,27H,9-10,14-15,17-20,25H2,1-4H3,(H,50,56,57)(H2,47,48,49,51).